The Bertz CT molecular complexity index is 255. The van der Waals surface area contributed by atoms with Crippen LogP contribution in [0.25, 0.3) is 0 Å². The van der Waals surface area contributed by atoms with E-state index in [2.05, 4.69) is 5.10 Å². The number of hydrogen-bond donors (Lipinski definition) is 1. The first kappa shape index (κ1) is 1.31. The molecular weight excluding hydrogens is 92.1 g/mol. The lowest BCUT2D eigenvalue weighted by Gasteiger charge is -1.77. The standard InChI is InChI=1S/C4H6N2O/c1-3-2-4(7)6-5-3/h2H2,1H3,(H,6,7)/i1D3,2D2. The lowest BCUT2D eigenvalue weighted by atomic mass is 10.3. The van der Waals surface area contributed by atoms with E-state index < -0.39 is 24.8 Å². The van der Waals surface area contributed by atoms with Crippen LogP contribution in [0.5, 0.6) is 0 Å². The monoisotopic (exact) mass is 103 g/mol. The first-order valence-corrected chi connectivity index (χ1v) is 1.65. The van der Waals surface area contributed by atoms with Crippen LogP contribution in [0.15, 0.2) is 5.10 Å². The maximum absolute atomic E-state index is 10.7. The molecule has 0 spiro atoms. The Morgan fingerprint density at radius 2 is 3.14 bits per heavy atom. The van der Waals surface area contributed by atoms with Gasteiger partial charge in [0, 0.05) is 12.6 Å². The summed E-state index contributed by atoms with van der Waals surface area (Å²) < 4.78 is 34.7. The SMILES string of the molecule is [2H]C([2H])([2H])C1=NNC(=O)C1([2H])[2H]. The van der Waals surface area contributed by atoms with E-state index in [1.54, 1.807) is 5.43 Å². The fourth-order valence-corrected chi connectivity index (χ4v) is 0.270. The van der Waals surface area contributed by atoms with Crippen molar-refractivity contribution in [2.45, 2.75) is 13.2 Å². The van der Waals surface area contributed by atoms with Gasteiger partial charge in [-0.25, -0.2) is 5.43 Å². The summed E-state index contributed by atoms with van der Waals surface area (Å²) in [6.45, 7) is -2.66. The molecule has 0 saturated carbocycles. The second-order valence-electron chi connectivity index (χ2n) is 1.03. The van der Waals surface area contributed by atoms with Gasteiger partial charge >= 0.3 is 0 Å². The summed E-state index contributed by atoms with van der Waals surface area (Å²) >= 11 is 0. The molecule has 1 amide bonds. The predicted octanol–water partition coefficient (Wildman–Crippen LogP) is -0.118. The van der Waals surface area contributed by atoms with E-state index in [0.717, 1.165) is 0 Å². The summed E-state index contributed by atoms with van der Waals surface area (Å²) in [5.41, 5.74) is 1.04. The van der Waals surface area contributed by atoms with Crippen LogP contribution in [0, 0.1) is 0 Å². The Morgan fingerprint density at radius 1 is 2.29 bits per heavy atom. The Labute approximate surface area is 48.4 Å². The van der Waals surface area contributed by atoms with Crippen molar-refractivity contribution in [3.8, 4) is 0 Å². The highest BCUT2D eigenvalue weighted by Gasteiger charge is 2.07. The molecule has 1 N–H and O–H groups in total. The second kappa shape index (κ2) is 1.33. The number of nitrogens with one attached hydrogen (secondary N) is 1. The van der Waals surface area contributed by atoms with Crippen LogP contribution >= 0.6 is 0 Å². The Balaban J connectivity index is 3.03. The molecule has 0 saturated heterocycles. The predicted molar refractivity (Wildman–Crippen MR) is 25.9 cm³/mol. The van der Waals surface area contributed by atoms with Crippen molar-refractivity contribution in [3.05, 3.63) is 0 Å². The van der Waals surface area contributed by atoms with Crippen LogP contribution in [0.3, 0.4) is 0 Å². The highest BCUT2D eigenvalue weighted by atomic mass is 16.2. The highest BCUT2D eigenvalue weighted by Crippen LogP contribution is 1.91. The van der Waals surface area contributed by atoms with Crippen molar-refractivity contribution in [2.24, 2.45) is 5.10 Å². The van der Waals surface area contributed by atoms with E-state index in [1.807, 2.05) is 0 Å². The Kier molecular flexibility index (Phi) is 0.248. The molecule has 3 nitrogen and oxygen atoms in total. The van der Waals surface area contributed by atoms with Gasteiger partial charge in [0.15, 0.2) is 0 Å². The number of rotatable bonds is 0. The molecule has 3 heteroatoms. The smallest absolute Gasteiger partial charge is 0.245 e. The van der Waals surface area contributed by atoms with Crippen LogP contribution in [0.1, 0.15) is 20.1 Å². The molecule has 0 fully saturated rings. The van der Waals surface area contributed by atoms with E-state index in [0.29, 0.717) is 0 Å². The zero-order valence-corrected chi connectivity index (χ0v) is 3.36. The molecule has 0 radical (unpaired) electrons. The van der Waals surface area contributed by atoms with E-state index in [1.165, 1.54) is 0 Å². The molecule has 1 heterocycles. The molecule has 1 aliphatic rings. The van der Waals surface area contributed by atoms with Crippen molar-refractivity contribution in [1.29, 1.82) is 0 Å². The van der Waals surface area contributed by atoms with E-state index in [9.17, 15) is 4.79 Å². The molecule has 0 aromatic carbocycles. The van der Waals surface area contributed by atoms with Crippen molar-refractivity contribution in [1.82, 2.24) is 5.43 Å². The maximum Gasteiger partial charge on any atom is 0.245 e. The molecule has 7 heavy (non-hydrogen) atoms. The van der Waals surface area contributed by atoms with Gasteiger partial charge in [-0.15, -0.1) is 0 Å². The van der Waals surface area contributed by atoms with E-state index >= 15 is 0 Å². The van der Waals surface area contributed by atoms with E-state index in [4.69, 9.17) is 6.85 Å². The van der Waals surface area contributed by atoms with Crippen LogP contribution in [-0.2, 0) is 4.79 Å². The second-order valence-corrected chi connectivity index (χ2v) is 1.03. The van der Waals surface area contributed by atoms with Gasteiger partial charge in [0.1, 0.15) is 0 Å². The quantitative estimate of drug-likeness (QED) is 0.456. The van der Waals surface area contributed by atoms with Crippen LogP contribution in [0.4, 0.5) is 0 Å². The summed E-state index contributed by atoms with van der Waals surface area (Å²) in [5, 5.41) is 3.12. The summed E-state index contributed by atoms with van der Waals surface area (Å²) in [5.74, 6) is -1.03. The summed E-state index contributed by atoms with van der Waals surface area (Å²) in [6, 6.07) is 0. The Morgan fingerprint density at radius 3 is 3.43 bits per heavy atom. The van der Waals surface area contributed by atoms with Crippen LogP contribution in [-0.4, -0.2) is 11.6 Å². The number of carbonyl (C=O) groups excluding carboxylic acids is 1. The average Bonchev–Trinajstić information content (AvgIpc) is 2.06. The van der Waals surface area contributed by atoms with E-state index in [-0.39, 0.29) is 0 Å². The molecule has 1 aliphatic heterocycles. The summed E-state index contributed by atoms with van der Waals surface area (Å²) in [4.78, 5) is 10.7. The lowest BCUT2D eigenvalue weighted by molar-refractivity contribution is -0.119. The van der Waals surface area contributed by atoms with Crippen LogP contribution in [0.2, 0.25) is 0 Å². The maximum atomic E-state index is 10.7. The van der Waals surface area contributed by atoms with Gasteiger partial charge in [0.05, 0.1) is 6.37 Å². The minimum atomic E-state index is -2.66. The molecular formula is C4H6N2O. The van der Waals surface area contributed by atoms with Gasteiger partial charge in [0.2, 0.25) is 5.91 Å². The van der Waals surface area contributed by atoms with Crippen molar-refractivity contribution in [2.75, 3.05) is 0 Å². The fraction of sp³-hybridized carbons (Fsp3) is 0.500. The fourth-order valence-electron chi connectivity index (χ4n) is 0.270. The molecule has 38 valence electrons. The van der Waals surface area contributed by atoms with Crippen molar-refractivity contribution in [3.63, 3.8) is 0 Å². The highest BCUT2D eigenvalue weighted by molar-refractivity contribution is 6.03. The first-order valence-electron chi connectivity index (χ1n) is 4.15. The zero-order valence-electron chi connectivity index (χ0n) is 8.36. The van der Waals surface area contributed by atoms with Gasteiger partial charge in [-0.2, -0.15) is 5.10 Å². The third kappa shape index (κ3) is 0.765. The normalized spacial score (nSPS) is 38.6. The topological polar surface area (TPSA) is 41.5 Å². The molecule has 0 unspecified atom stereocenters. The minimum absolute atomic E-state index is 0.736. The average molecular weight is 103 g/mol. The summed E-state index contributed by atoms with van der Waals surface area (Å²) in [7, 11) is 0. The molecule has 0 aliphatic carbocycles. The zero-order chi connectivity index (χ0) is 9.57. The molecule has 0 bridgehead atoms. The number of hydrogen-bond acceptors (Lipinski definition) is 2. The number of amides is 1. The van der Waals surface area contributed by atoms with Gasteiger partial charge < -0.3 is 0 Å². The van der Waals surface area contributed by atoms with Gasteiger partial charge in [-0.05, 0) is 6.85 Å². The molecule has 0 atom stereocenters. The molecule has 1 rings (SSSR count). The van der Waals surface area contributed by atoms with Gasteiger partial charge in [-0.1, -0.05) is 0 Å². The molecule has 0 aromatic heterocycles. The lowest BCUT2D eigenvalue weighted by Crippen LogP contribution is -2.08. The first-order chi connectivity index (χ1) is 5.26. The summed E-state index contributed by atoms with van der Waals surface area (Å²) in [6.07, 6.45) is -2.51. The van der Waals surface area contributed by atoms with Crippen molar-refractivity contribution < 1.29 is 11.6 Å². The minimum Gasteiger partial charge on any atom is -0.273 e. The third-order valence-corrected chi connectivity index (χ3v) is 0.501. The number of hydrazone groups is 1. The van der Waals surface area contributed by atoms with Gasteiger partial charge in [0.25, 0.3) is 0 Å². The largest absolute Gasteiger partial charge is 0.273 e. The van der Waals surface area contributed by atoms with Gasteiger partial charge in [-0.3, -0.25) is 4.79 Å². The Hall–Kier alpha value is -0.860. The number of nitrogens with zero attached hydrogens (tertiary/aromatic N) is 1. The molecule has 0 aromatic rings. The van der Waals surface area contributed by atoms with Crippen molar-refractivity contribution >= 4 is 11.6 Å². The van der Waals surface area contributed by atoms with Crippen LogP contribution < -0.4 is 5.43 Å². The number of carbonyl (C=O) groups is 1. The third-order valence-electron chi connectivity index (χ3n) is 0.501.